The number of carbonyl (C=O) groups excluding carboxylic acids is 1. The summed E-state index contributed by atoms with van der Waals surface area (Å²) in [4.78, 5) is 11.8. The molecule has 0 fully saturated rings. The molecular weight excluding hydrogens is 228 g/mol. The second-order valence-electron chi connectivity index (χ2n) is 3.76. The minimum Gasteiger partial charge on any atom is -0.461 e. The van der Waals surface area contributed by atoms with Crippen LogP contribution in [0.3, 0.4) is 0 Å². The van der Waals surface area contributed by atoms with Crippen molar-refractivity contribution in [3.63, 3.8) is 0 Å². The van der Waals surface area contributed by atoms with Crippen molar-refractivity contribution in [2.75, 3.05) is 7.05 Å². The van der Waals surface area contributed by atoms with Gasteiger partial charge in [-0.05, 0) is 26.1 Å². The number of likely N-dealkylation sites (N-methyl/N-ethyl adjacent to an activating group) is 1. The van der Waals surface area contributed by atoms with Gasteiger partial charge in [-0.1, -0.05) is 0 Å². The van der Waals surface area contributed by atoms with Crippen LogP contribution in [0.1, 0.15) is 18.7 Å². The molecule has 1 heterocycles. The average Bonchev–Trinajstić information content (AvgIpc) is 2.81. The van der Waals surface area contributed by atoms with Gasteiger partial charge in [-0.25, -0.2) is 8.78 Å². The van der Waals surface area contributed by atoms with Crippen LogP contribution in [0.2, 0.25) is 0 Å². The van der Waals surface area contributed by atoms with Crippen molar-refractivity contribution in [1.82, 2.24) is 5.32 Å². The Bertz CT molecular complexity index is 583. The van der Waals surface area contributed by atoms with Crippen molar-refractivity contribution in [2.24, 2.45) is 0 Å². The number of fused-ring (bicyclic) bond motifs is 1. The Balaban J connectivity index is 0.00000162. The summed E-state index contributed by atoms with van der Waals surface area (Å²) >= 11 is 0. The van der Waals surface area contributed by atoms with Gasteiger partial charge >= 0.3 is 0 Å². The van der Waals surface area contributed by atoms with Gasteiger partial charge in [0, 0.05) is 1.43 Å². The number of carbonyl (C=O) groups is 1. The number of hydrogen-bond acceptors (Lipinski definition) is 3. The largest absolute Gasteiger partial charge is 0.461 e. The van der Waals surface area contributed by atoms with E-state index in [-0.39, 0.29) is 18.0 Å². The predicted molar refractivity (Wildman–Crippen MR) is 61.1 cm³/mol. The van der Waals surface area contributed by atoms with Crippen molar-refractivity contribution in [1.29, 1.82) is 0 Å². The molecule has 1 N–H and O–H groups in total. The summed E-state index contributed by atoms with van der Waals surface area (Å²) in [7, 11) is 1.57. The van der Waals surface area contributed by atoms with Crippen LogP contribution in [0.4, 0.5) is 8.78 Å². The van der Waals surface area contributed by atoms with E-state index in [1.165, 1.54) is 12.3 Å². The third kappa shape index (κ3) is 1.82. The first kappa shape index (κ1) is 11.7. The molecule has 0 radical (unpaired) electrons. The van der Waals surface area contributed by atoms with E-state index in [0.29, 0.717) is 0 Å². The maximum Gasteiger partial charge on any atom is 0.182 e. The van der Waals surface area contributed by atoms with Crippen molar-refractivity contribution < 1.29 is 19.4 Å². The summed E-state index contributed by atoms with van der Waals surface area (Å²) in [5.41, 5.74) is -0.525. The molecule has 0 spiro atoms. The molecule has 0 aliphatic carbocycles. The first-order valence-electron chi connectivity index (χ1n) is 5.13. The van der Waals surface area contributed by atoms with E-state index in [0.717, 1.165) is 6.07 Å². The van der Waals surface area contributed by atoms with Crippen LogP contribution in [0.15, 0.2) is 22.8 Å². The standard InChI is InChI=1S/C12H11F2NO2.H2/c1-6(15-2)11(16)8-5-9(13)7-3-4-17-12(7)10(8)14;/h3-6,15H,1-2H3;1H/t6-;/m0./s1. The average molecular weight is 241 g/mol. The fraction of sp³-hybridized carbons (Fsp3) is 0.250. The Morgan fingerprint density at radius 2 is 2.24 bits per heavy atom. The zero-order chi connectivity index (χ0) is 12.6. The van der Waals surface area contributed by atoms with Crippen molar-refractivity contribution in [3.8, 4) is 0 Å². The molecular formula is C12H13F2NO2. The lowest BCUT2D eigenvalue weighted by atomic mass is 10.0. The third-order valence-corrected chi connectivity index (χ3v) is 2.72. The number of Topliss-reactive ketones (excluding diaryl/α,β-unsaturated/α-hetero) is 1. The molecule has 0 aliphatic heterocycles. The second-order valence-corrected chi connectivity index (χ2v) is 3.76. The lowest BCUT2D eigenvalue weighted by molar-refractivity contribution is 0.0950. The topological polar surface area (TPSA) is 42.2 Å². The fourth-order valence-corrected chi connectivity index (χ4v) is 1.60. The highest BCUT2D eigenvalue weighted by Gasteiger charge is 2.22. The summed E-state index contributed by atoms with van der Waals surface area (Å²) in [6, 6.07) is 1.64. The molecule has 3 nitrogen and oxygen atoms in total. The highest BCUT2D eigenvalue weighted by molar-refractivity contribution is 6.02. The molecule has 2 aromatic rings. The molecule has 1 aromatic carbocycles. The van der Waals surface area contributed by atoms with Crippen LogP contribution in [0.25, 0.3) is 11.0 Å². The van der Waals surface area contributed by atoms with E-state index in [1.807, 2.05) is 0 Å². The van der Waals surface area contributed by atoms with Crippen LogP contribution in [-0.2, 0) is 0 Å². The van der Waals surface area contributed by atoms with Gasteiger partial charge in [-0.2, -0.15) is 0 Å². The first-order valence-corrected chi connectivity index (χ1v) is 5.13. The third-order valence-electron chi connectivity index (χ3n) is 2.72. The molecule has 0 unspecified atom stereocenters. The normalized spacial score (nSPS) is 12.9. The SMILES string of the molecule is CN[C@@H](C)C(=O)c1cc(F)c2ccoc2c1F.[HH]. The van der Waals surface area contributed by atoms with Crippen molar-refractivity contribution in [3.05, 3.63) is 35.6 Å². The molecule has 1 aromatic heterocycles. The van der Waals surface area contributed by atoms with Crippen molar-refractivity contribution >= 4 is 16.8 Å². The van der Waals surface area contributed by atoms with Gasteiger partial charge in [0.1, 0.15) is 5.82 Å². The predicted octanol–water partition coefficient (Wildman–Crippen LogP) is 2.75. The van der Waals surface area contributed by atoms with Gasteiger partial charge in [0.2, 0.25) is 0 Å². The Hall–Kier alpha value is -1.75. The molecule has 0 saturated heterocycles. The minimum atomic E-state index is -0.821. The maximum atomic E-state index is 13.9. The molecule has 2 rings (SSSR count). The molecule has 5 heteroatoms. The van der Waals surface area contributed by atoms with Crippen molar-refractivity contribution in [2.45, 2.75) is 13.0 Å². The number of rotatable bonds is 3. The maximum absolute atomic E-state index is 13.9. The number of hydrogen-bond donors (Lipinski definition) is 1. The monoisotopic (exact) mass is 241 g/mol. The molecule has 0 saturated carbocycles. The van der Waals surface area contributed by atoms with Gasteiger partial charge in [-0.15, -0.1) is 0 Å². The van der Waals surface area contributed by atoms with E-state index in [9.17, 15) is 13.6 Å². The van der Waals surface area contributed by atoms with Crippen LogP contribution in [0, 0.1) is 11.6 Å². The number of furan rings is 1. The zero-order valence-corrected chi connectivity index (χ0v) is 9.38. The minimum absolute atomic E-state index is 0. The lowest BCUT2D eigenvalue weighted by Crippen LogP contribution is -2.31. The Labute approximate surface area is 97.9 Å². The Morgan fingerprint density at radius 1 is 1.53 bits per heavy atom. The molecule has 1 atom stereocenters. The molecule has 17 heavy (non-hydrogen) atoms. The van der Waals surface area contributed by atoms with Crippen LogP contribution in [-0.4, -0.2) is 18.9 Å². The zero-order valence-electron chi connectivity index (χ0n) is 9.38. The van der Waals surface area contributed by atoms with Gasteiger partial charge in [0.05, 0.1) is 23.3 Å². The summed E-state index contributed by atoms with van der Waals surface area (Å²) in [5, 5.41) is 2.72. The van der Waals surface area contributed by atoms with Gasteiger partial charge in [0.25, 0.3) is 0 Å². The smallest absolute Gasteiger partial charge is 0.182 e. The lowest BCUT2D eigenvalue weighted by Gasteiger charge is -2.10. The van der Waals surface area contributed by atoms with E-state index in [2.05, 4.69) is 5.32 Å². The highest BCUT2D eigenvalue weighted by atomic mass is 19.1. The van der Waals surface area contributed by atoms with E-state index in [1.54, 1.807) is 14.0 Å². The molecule has 0 bridgehead atoms. The summed E-state index contributed by atoms with van der Waals surface area (Å²) in [6.45, 7) is 1.58. The summed E-state index contributed by atoms with van der Waals surface area (Å²) < 4.78 is 32.4. The summed E-state index contributed by atoms with van der Waals surface area (Å²) in [5.74, 6) is -2.00. The molecule has 92 valence electrons. The number of ketones is 1. The first-order chi connectivity index (χ1) is 8.06. The Kier molecular flexibility index (Phi) is 2.93. The quantitative estimate of drug-likeness (QED) is 0.840. The van der Waals surface area contributed by atoms with Crippen LogP contribution in [0.5, 0.6) is 0 Å². The van der Waals surface area contributed by atoms with E-state index >= 15 is 0 Å². The van der Waals surface area contributed by atoms with E-state index < -0.39 is 23.5 Å². The Morgan fingerprint density at radius 3 is 2.88 bits per heavy atom. The highest BCUT2D eigenvalue weighted by Crippen LogP contribution is 2.26. The number of halogens is 2. The fourth-order valence-electron chi connectivity index (χ4n) is 1.60. The molecule has 0 amide bonds. The summed E-state index contributed by atoms with van der Waals surface area (Å²) in [6.07, 6.45) is 1.19. The van der Waals surface area contributed by atoms with Gasteiger partial charge < -0.3 is 9.73 Å². The molecule has 0 aliphatic rings. The van der Waals surface area contributed by atoms with Crippen LogP contribution < -0.4 is 5.32 Å². The number of nitrogens with one attached hydrogen (secondary N) is 1. The van der Waals surface area contributed by atoms with Gasteiger partial charge in [-0.3, -0.25) is 4.79 Å². The number of benzene rings is 1. The van der Waals surface area contributed by atoms with E-state index in [4.69, 9.17) is 4.42 Å². The van der Waals surface area contributed by atoms with Gasteiger partial charge in [0.15, 0.2) is 17.2 Å². The second kappa shape index (κ2) is 4.25. The van der Waals surface area contributed by atoms with Crippen LogP contribution >= 0.6 is 0 Å².